The highest BCUT2D eigenvalue weighted by atomic mass is 35.5. The third kappa shape index (κ3) is 3.98. The van der Waals surface area contributed by atoms with E-state index in [1.807, 2.05) is 0 Å². The van der Waals surface area contributed by atoms with Gasteiger partial charge in [-0.2, -0.15) is 13.2 Å². The Bertz CT molecular complexity index is 1340. The van der Waals surface area contributed by atoms with Gasteiger partial charge in [0.1, 0.15) is 0 Å². The molecule has 154 valence electrons. The van der Waals surface area contributed by atoms with E-state index in [4.69, 9.17) is 11.6 Å². The lowest BCUT2D eigenvalue weighted by Gasteiger charge is -2.12. The van der Waals surface area contributed by atoms with Crippen molar-refractivity contribution < 1.29 is 21.6 Å². The van der Waals surface area contributed by atoms with Gasteiger partial charge in [0.25, 0.3) is 10.0 Å². The van der Waals surface area contributed by atoms with Gasteiger partial charge in [-0.3, -0.25) is 9.71 Å². The van der Waals surface area contributed by atoms with Gasteiger partial charge < -0.3 is 0 Å². The number of alkyl halides is 3. The van der Waals surface area contributed by atoms with Crippen LogP contribution in [0.1, 0.15) is 5.56 Å². The first-order valence-electron chi connectivity index (χ1n) is 8.33. The molecule has 0 bridgehead atoms. The Morgan fingerprint density at radius 1 is 1.00 bits per heavy atom. The first-order valence-corrected chi connectivity index (χ1v) is 11.1. The van der Waals surface area contributed by atoms with Crippen molar-refractivity contribution in [3.63, 3.8) is 0 Å². The van der Waals surface area contributed by atoms with Crippen LogP contribution in [0.3, 0.4) is 0 Å². The Morgan fingerprint density at radius 2 is 1.80 bits per heavy atom. The van der Waals surface area contributed by atoms with Gasteiger partial charge in [-0.15, -0.1) is 11.3 Å². The average molecular weight is 470 g/mol. The largest absolute Gasteiger partial charge is 0.416 e. The summed E-state index contributed by atoms with van der Waals surface area (Å²) in [6, 6.07) is 9.02. The van der Waals surface area contributed by atoms with Crippen molar-refractivity contribution in [3.8, 4) is 11.3 Å². The monoisotopic (exact) mass is 469 g/mol. The second-order valence-electron chi connectivity index (χ2n) is 6.18. The highest BCUT2D eigenvalue weighted by Gasteiger charge is 2.31. The molecule has 2 aromatic heterocycles. The molecule has 4 aromatic rings. The first kappa shape index (κ1) is 20.6. The predicted octanol–water partition coefficient (Wildman–Crippen LogP) is 5.83. The molecule has 0 saturated carbocycles. The number of pyridine rings is 1. The summed E-state index contributed by atoms with van der Waals surface area (Å²) in [5, 5.41) is 2.86. The Balaban J connectivity index is 1.77. The van der Waals surface area contributed by atoms with E-state index in [1.54, 1.807) is 17.5 Å². The maximum absolute atomic E-state index is 12.9. The minimum Gasteiger partial charge on any atom is -0.256 e. The number of aromatic nitrogens is 2. The van der Waals surface area contributed by atoms with Gasteiger partial charge >= 0.3 is 6.18 Å². The molecule has 0 radical (unpaired) electrons. The van der Waals surface area contributed by atoms with Gasteiger partial charge in [0.2, 0.25) is 0 Å². The normalized spacial score (nSPS) is 12.3. The summed E-state index contributed by atoms with van der Waals surface area (Å²) in [4.78, 5) is 8.16. The van der Waals surface area contributed by atoms with Crippen molar-refractivity contribution in [3.05, 3.63) is 70.8 Å². The molecule has 0 saturated heterocycles. The van der Waals surface area contributed by atoms with Crippen LogP contribution in [-0.4, -0.2) is 18.4 Å². The SMILES string of the molecule is O=S(=O)(Nc1nccs1)c1ccc2c(-c3ccc(C(F)(F)F)cc3Cl)nccc2c1. The zero-order valence-corrected chi connectivity index (χ0v) is 17.2. The van der Waals surface area contributed by atoms with Gasteiger partial charge in [-0.1, -0.05) is 23.7 Å². The van der Waals surface area contributed by atoms with Crippen LogP contribution < -0.4 is 4.72 Å². The summed E-state index contributed by atoms with van der Waals surface area (Å²) in [5.74, 6) is 0. The smallest absolute Gasteiger partial charge is 0.256 e. The highest BCUT2D eigenvalue weighted by molar-refractivity contribution is 7.93. The Labute approximate surface area is 178 Å². The van der Waals surface area contributed by atoms with Crippen LogP contribution in [0.25, 0.3) is 22.0 Å². The Morgan fingerprint density at radius 3 is 2.47 bits per heavy atom. The summed E-state index contributed by atoms with van der Waals surface area (Å²) < 4.78 is 66.3. The van der Waals surface area contributed by atoms with Crippen LogP contribution in [0.4, 0.5) is 18.3 Å². The van der Waals surface area contributed by atoms with Gasteiger partial charge in [-0.05, 0) is 35.7 Å². The first-order chi connectivity index (χ1) is 14.1. The van der Waals surface area contributed by atoms with Crippen LogP contribution in [-0.2, 0) is 16.2 Å². The quantitative estimate of drug-likeness (QED) is 0.408. The van der Waals surface area contributed by atoms with E-state index in [1.165, 1.54) is 30.6 Å². The number of nitrogens with one attached hydrogen (secondary N) is 1. The summed E-state index contributed by atoms with van der Waals surface area (Å²) in [6.07, 6.45) is -1.59. The highest BCUT2D eigenvalue weighted by Crippen LogP contribution is 2.37. The average Bonchev–Trinajstić information content (AvgIpc) is 3.18. The van der Waals surface area contributed by atoms with Gasteiger partial charge in [0, 0.05) is 28.7 Å². The summed E-state index contributed by atoms with van der Waals surface area (Å²) in [6.45, 7) is 0. The summed E-state index contributed by atoms with van der Waals surface area (Å²) >= 11 is 7.25. The molecule has 1 N–H and O–H groups in total. The Hall–Kier alpha value is -2.69. The fourth-order valence-electron chi connectivity index (χ4n) is 2.87. The molecular weight excluding hydrogens is 459 g/mol. The lowest BCUT2D eigenvalue weighted by molar-refractivity contribution is -0.137. The van der Waals surface area contributed by atoms with Crippen molar-refractivity contribution in [1.82, 2.24) is 9.97 Å². The molecule has 11 heteroatoms. The van der Waals surface area contributed by atoms with Crippen molar-refractivity contribution in [2.75, 3.05) is 4.72 Å². The molecule has 4 rings (SSSR count). The number of benzene rings is 2. The lowest BCUT2D eigenvalue weighted by atomic mass is 10.0. The van der Waals surface area contributed by atoms with Gasteiger partial charge in [0.15, 0.2) is 5.13 Å². The molecule has 0 aliphatic heterocycles. The number of rotatable bonds is 4. The van der Waals surface area contributed by atoms with E-state index in [0.717, 1.165) is 23.5 Å². The maximum Gasteiger partial charge on any atom is 0.416 e. The second-order valence-corrected chi connectivity index (χ2v) is 9.16. The van der Waals surface area contributed by atoms with Crippen LogP contribution in [0, 0.1) is 0 Å². The fraction of sp³-hybridized carbons (Fsp3) is 0.0526. The van der Waals surface area contributed by atoms with E-state index < -0.39 is 21.8 Å². The maximum atomic E-state index is 12.9. The number of sulfonamides is 1. The standard InChI is InChI=1S/C19H11ClF3N3O2S2/c20-16-10-12(19(21,22)23)1-3-15(16)17-14-4-2-13(9-11(14)5-6-24-17)30(27,28)26-18-25-7-8-29-18/h1-10H,(H,25,26). The van der Waals surface area contributed by atoms with Crippen LogP contribution in [0.15, 0.2) is 65.1 Å². The third-order valence-electron chi connectivity index (χ3n) is 4.25. The van der Waals surface area contributed by atoms with Gasteiger partial charge in [-0.25, -0.2) is 13.4 Å². The van der Waals surface area contributed by atoms with Crippen molar-refractivity contribution in [2.24, 2.45) is 0 Å². The zero-order valence-electron chi connectivity index (χ0n) is 14.8. The van der Waals surface area contributed by atoms with E-state index in [0.29, 0.717) is 22.0 Å². The minimum atomic E-state index is -4.51. The second kappa shape index (κ2) is 7.53. The van der Waals surface area contributed by atoms with E-state index >= 15 is 0 Å². The van der Waals surface area contributed by atoms with Crippen molar-refractivity contribution in [2.45, 2.75) is 11.1 Å². The molecule has 0 fully saturated rings. The number of anilines is 1. The number of fused-ring (bicyclic) bond motifs is 1. The molecule has 0 unspecified atom stereocenters. The summed E-state index contributed by atoms with van der Waals surface area (Å²) in [5.41, 5.74) is -0.201. The predicted molar refractivity (Wildman–Crippen MR) is 110 cm³/mol. The molecule has 0 amide bonds. The molecule has 30 heavy (non-hydrogen) atoms. The van der Waals surface area contributed by atoms with Crippen LogP contribution >= 0.6 is 22.9 Å². The number of thiazole rings is 1. The molecule has 0 aliphatic rings. The molecule has 0 atom stereocenters. The van der Waals surface area contributed by atoms with E-state index in [2.05, 4.69) is 14.7 Å². The number of nitrogens with zero attached hydrogens (tertiary/aromatic N) is 2. The fourth-order valence-corrected chi connectivity index (χ4v) is 4.96. The molecule has 2 aromatic carbocycles. The van der Waals surface area contributed by atoms with Crippen LogP contribution in [0.2, 0.25) is 5.02 Å². The molecule has 0 aliphatic carbocycles. The van der Waals surface area contributed by atoms with Gasteiger partial charge in [0.05, 0.1) is 21.2 Å². The molecule has 2 heterocycles. The van der Waals surface area contributed by atoms with Crippen molar-refractivity contribution >= 4 is 48.9 Å². The molecular formula is C19H11ClF3N3O2S2. The summed E-state index contributed by atoms with van der Waals surface area (Å²) in [7, 11) is -3.86. The lowest BCUT2D eigenvalue weighted by Crippen LogP contribution is -2.12. The minimum absolute atomic E-state index is 0.0147. The van der Waals surface area contributed by atoms with Crippen LogP contribution in [0.5, 0.6) is 0 Å². The topological polar surface area (TPSA) is 72.0 Å². The zero-order chi connectivity index (χ0) is 21.5. The Kier molecular flexibility index (Phi) is 5.16. The number of hydrogen-bond donors (Lipinski definition) is 1. The van der Waals surface area contributed by atoms with E-state index in [9.17, 15) is 21.6 Å². The number of hydrogen-bond acceptors (Lipinski definition) is 5. The molecule has 5 nitrogen and oxygen atoms in total. The number of halogens is 4. The third-order valence-corrected chi connectivity index (χ3v) is 6.72. The van der Waals surface area contributed by atoms with E-state index in [-0.39, 0.29) is 15.0 Å². The molecule has 0 spiro atoms. The van der Waals surface area contributed by atoms with Crippen molar-refractivity contribution in [1.29, 1.82) is 0 Å².